The normalized spacial score (nSPS) is 16.0. The molecular weight excluding hydrogens is 445 g/mol. The summed E-state index contributed by atoms with van der Waals surface area (Å²) in [6.07, 6.45) is 2.39. The molecule has 1 saturated heterocycles. The van der Waals surface area contributed by atoms with Crippen molar-refractivity contribution in [2.45, 2.75) is 25.5 Å². The van der Waals surface area contributed by atoms with Crippen molar-refractivity contribution in [3.63, 3.8) is 0 Å². The molecular formula is C23H20FN5O3S. The average Bonchev–Trinajstić information content (AvgIpc) is 3.34. The van der Waals surface area contributed by atoms with E-state index in [1.165, 1.54) is 28.4 Å². The minimum Gasteiger partial charge on any atom is -0.470 e. The number of fused-ring (bicyclic) bond motifs is 1. The van der Waals surface area contributed by atoms with Crippen LogP contribution in [0.15, 0.2) is 53.5 Å². The Morgan fingerprint density at radius 1 is 1.24 bits per heavy atom. The topological polar surface area (TPSA) is 100 Å². The SMILES string of the molecule is O=C(O)N1CCCCC1Oc1cc2nc(Nc3cccc(F)c3)ncc2cc1-c1cscn1. The van der Waals surface area contributed by atoms with Crippen molar-refractivity contribution in [1.29, 1.82) is 0 Å². The highest BCUT2D eigenvalue weighted by Crippen LogP contribution is 2.36. The molecule has 3 heterocycles. The number of amides is 1. The highest BCUT2D eigenvalue weighted by molar-refractivity contribution is 7.07. The summed E-state index contributed by atoms with van der Waals surface area (Å²) in [5.74, 6) is 0.451. The van der Waals surface area contributed by atoms with Crippen molar-refractivity contribution in [2.75, 3.05) is 11.9 Å². The lowest BCUT2D eigenvalue weighted by Gasteiger charge is -2.33. The summed E-state index contributed by atoms with van der Waals surface area (Å²) in [6, 6.07) is 9.71. The van der Waals surface area contributed by atoms with E-state index in [-0.39, 0.29) is 5.82 Å². The lowest BCUT2D eigenvalue weighted by atomic mass is 10.1. The number of nitrogens with zero attached hydrogens (tertiary/aromatic N) is 4. The molecule has 8 nitrogen and oxygen atoms in total. The molecule has 5 rings (SSSR count). The second-order valence-electron chi connectivity index (χ2n) is 7.65. The Morgan fingerprint density at radius 2 is 2.15 bits per heavy atom. The van der Waals surface area contributed by atoms with Crippen molar-refractivity contribution in [3.8, 4) is 17.0 Å². The first kappa shape index (κ1) is 21.1. The number of likely N-dealkylation sites (tertiary alicyclic amines) is 1. The summed E-state index contributed by atoms with van der Waals surface area (Å²) in [5.41, 5.74) is 4.35. The lowest BCUT2D eigenvalue weighted by Crippen LogP contribution is -2.46. The smallest absolute Gasteiger partial charge is 0.410 e. The van der Waals surface area contributed by atoms with E-state index >= 15 is 0 Å². The third-order valence-electron chi connectivity index (χ3n) is 5.43. The van der Waals surface area contributed by atoms with Gasteiger partial charge in [-0.2, -0.15) is 0 Å². The molecule has 33 heavy (non-hydrogen) atoms. The number of carbonyl (C=O) groups is 1. The van der Waals surface area contributed by atoms with E-state index in [1.807, 2.05) is 11.4 Å². The van der Waals surface area contributed by atoms with Crippen LogP contribution in [0.5, 0.6) is 5.75 Å². The Balaban J connectivity index is 1.53. The van der Waals surface area contributed by atoms with Gasteiger partial charge in [0.1, 0.15) is 11.6 Å². The van der Waals surface area contributed by atoms with Gasteiger partial charge < -0.3 is 15.2 Å². The summed E-state index contributed by atoms with van der Waals surface area (Å²) in [6.45, 7) is 0.434. The highest BCUT2D eigenvalue weighted by atomic mass is 32.1. The van der Waals surface area contributed by atoms with Crippen molar-refractivity contribution in [1.82, 2.24) is 19.9 Å². The summed E-state index contributed by atoms with van der Waals surface area (Å²) in [7, 11) is 0. The quantitative estimate of drug-likeness (QED) is 0.401. The van der Waals surface area contributed by atoms with Gasteiger partial charge in [-0.3, -0.25) is 4.90 Å². The van der Waals surface area contributed by atoms with Crippen molar-refractivity contribution >= 4 is 40.0 Å². The predicted molar refractivity (Wildman–Crippen MR) is 123 cm³/mol. The van der Waals surface area contributed by atoms with Crippen molar-refractivity contribution in [3.05, 3.63) is 59.3 Å². The van der Waals surface area contributed by atoms with Gasteiger partial charge in [-0.1, -0.05) is 6.07 Å². The molecule has 1 aliphatic rings. The second kappa shape index (κ2) is 8.99. The van der Waals surface area contributed by atoms with Crippen LogP contribution in [-0.2, 0) is 0 Å². The Bertz CT molecular complexity index is 1300. The lowest BCUT2D eigenvalue weighted by molar-refractivity contribution is 0.00638. The molecule has 1 amide bonds. The number of carboxylic acid groups (broad SMARTS) is 1. The molecule has 0 bridgehead atoms. The minimum atomic E-state index is -1.00. The number of thiazole rings is 1. The summed E-state index contributed by atoms with van der Waals surface area (Å²) in [4.78, 5) is 26.3. The molecule has 2 aromatic heterocycles. The van der Waals surface area contributed by atoms with Gasteiger partial charge in [-0.25, -0.2) is 24.1 Å². The Morgan fingerprint density at radius 3 is 2.94 bits per heavy atom. The van der Waals surface area contributed by atoms with Crippen LogP contribution in [0.4, 0.5) is 20.8 Å². The van der Waals surface area contributed by atoms with Crippen molar-refractivity contribution in [2.24, 2.45) is 0 Å². The highest BCUT2D eigenvalue weighted by Gasteiger charge is 2.29. The van der Waals surface area contributed by atoms with Gasteiger partial charge in [0, 0.05) is 47.2 Å². The number of halogens is 1. The first-order valence-corrected chi connectivity index (χ1v) is 11.4. The van der Waals surface area contributed by atoms with Crippen LogP contribution in [0.25, 0.3) is 22.2 Å². The number of anilines is 2. The van der Waals surface area contributed by atoms with E-state index in [0.29, 0.717) is 35.9 Å². The van der Waals surface area contributed by atoms with Gasteiger partial charge in [-0.15, -0.1) is 11.3 Å². The largest absolute Gasteiger partial charge is 0.470 e. The van der Waals surface area contributed by atoms with Crippen LogP contribution in [0.2, 0.25) is 0 Å². The fourth-order valence-electron chi connectivity index (χ4n) is 3.85. The molecule has 1 fully saturated rings. The van der Waals surface area contributed by atoms with E-state index in [0.717, 1.165) is 29.5 Å². The number of benzene rings is 2. The predicted octanol–water partition coefficient (Wildman–Crippen LogP) is 5.50. The standard InChI is InChI=1S/C23H20FN5O3S/c24-15-4-3-5-16(9-15)27-22-25-11-14-8-17(19-12-33-13-26-19)20(10-18(14)28-22)32-21-6-1-2-7-29(21)23(30)31/h3-5,8-13,21H,1-2,6-7H2,(H,30,31)(H,25,27,28). The fourth-order valence-corrected chi connectivity index (χ4v) is 4.40. The molecule has 1 unspecified atom stereocenters. The Hall–Kier alpha value is -3.79. The number of rotatable bonds is 5. The zero-order valence-electron chi connectivity index (χ0n) is 17.4. The zero-order valence-corrected chi connectivity index (χ0v) is 18.3. The van der Waals surface area contributed by atoms with Crippen LogP contribution in [0, 0.1) is 5.82 Å². The van der Waals surface area contributed by atoms with Crippen LogP contribution in [0.1, 0.15) is 19.3 Å². The second-order valence-corrected chi connectivity index (χ2v) is 8.37. The van der Waals surface area contributed by atoms with E-state index in [4.69, 9.17) is 4.74 Å². The number of hydrogen-bond acceptors (Lipinski definition) is 7. The maximum absolute atomic E-state index is 13.5. The molecule has 2 aromatic carbocycles. The summed E-state index contributed by atoms with van der Waals surface area (Å²) in [5, 5.41) is 15.3. The molecule has 168 valence electrons. The molecule has 10 heteroatoms. The third-order valence-corrected chi connectivity index (χ3v) is 6.01. The molecule has 1 aliphatic heterocycles. The third kappa shape index (κ3) is 4.56. The molecule has 0 saturated carbocycles. The van der Waals surface area contributed by atoms with E-state index in [9.17, 15) is 14.3 Å². The molecule has 0 spiro atoms. The van der Waals surface area contributed by atoms with Crippen molar-refractivity contribution < 1.29 is 19.0 Å². The molecule has 1 atom stereocenters. The number of ether oxygens (including phenoxy) is 1. The monoisotopic (exact) mass is 465 g/mol. The van der Waals surface area contributed by atoms with E-state index in [2.05, 4.69) is 20.3 Å². The van der Waals surface area contributed by atoms with Gasteiger partial charge in [0.15, 0.2) is 6.23 Å². The average molecular weight is 466 g/mol. The molecule has 0 aliphatic carbocycles. The maximum atomic E-state index is 13.5. The number of nitrogens with one attached hydrogen (secondary N) is 1. The molecule has 0 radical (unpaired) electrons. The Labute approximate surface area is 192 Å². The fraction of sp³-hybridized carbons (Fsp3) is 0.217. The minimum absolute atomic E-state index is 0.310. The maximum Gasteiger partial charge on any atom is 0.410 e. The van der Waals surface area contributed by atoms with Crippen LogP contribution < -0.4 is 10.1 Å². The van der Waals surface area contributed by atoms with Gasteiger partial charge >= 0.3 is 6.09 Å². The molecule has 4 aromatic rings. The van der Waals surface area contributed by atoms with Gasteiger partial charge in [0.05, 0.1) is 16.7 Å². The number of hydrogen-bond donors (Lipinski definition) is 2. The van der Waals surface area contributed by atoms with Gasteiger partial charge in [0.25, 0.3) is 0 Å². The van der Waals surface area contributed by atoms with Crippen LogP contribution >= 0.6 is 11.3 Å². The number of piperidine rings is 1. The zero-order chi connectivity index (χ0) is 22.8. The van der Waals surface area contributed by atoms with Crippen LogP contribution in [-0.4, -0.2) is 43.8 Å². The summed E-state index contributed by atoms with van der Waals surface area (Å²) >= 11 is 1.46. The van der Waals surface area contributed by atoms with E-state index < -0.39 is 12.3 Å². The van der Waals surface area contributed by atoms with Gasteiger partial charge in [-0.05, 0) is 37.1 Å². The molecule has 2 N–H and O–H groups in total. The number of aromatic nitrogens is 3. The van der Waals surface area contributed by atoms with E-state index in [1.54, 1.807) is 29.9 Å². The first-order valence-electron chi connectivity index (χ1n) is 10.4. The van der Waals surface area contributed by atoms with Gasteiger partial charge in [0.2, 0.25) is 5.95 Å². The van der Waals surface area contributed by atoms with Crippen LogP contribution in [0.3, 0.4) is 0 Å². The summed E-state index contributed by atoms with van der Waals surface area (Å²) < 4.78 is 19.8. The Kier molecular flexibility index (Phi) is 5.74. The first-order chi connectivity index (χ1) is 16.1.